The number of benzene rings is 3. The van der Waals surface area contributed by atoms with Crippen LogP contribution >= 0.6 is 0 Å². The molecule has 3 amide bonds. The number of pyridine rings is 1. The lowest BCUT2D eigenvalue weighted by molar-refractivity contribution is -0.128. The average molecular weight is 730 g/mol. The maximum absolute atomic E-state index is 14.3. The molecule has 1 aromatic heterocycles. The van der Waals surface area contributed by atoms with E-state index in [0.29, 0.717) is 31.8 Å². The van der Waals surface area contributed by atoms with Crippen LogP contribution in [-0.2, 0) is 27.8 Å². The number of nitrogens with one attached hydrogen (secondary N) is 1. The van der Waals surface area contributed by atoms with Crippen LogP contribution in [0.25, 0.3) is 10.9 Å². The van der Waals surface area contributed by atoms with Gasteiger partial charge in [-0.15, -0.1) is 0 Å². The monoisotopic (exact) mass is 729 g/mol. The van der Waals surface area contributed by atoms with Crippen LogP contribution in [0.5, 0.6) is 5.75 Å². The number of ether oxygens (including phenoxy) is 1. The Morgan fingerprint density at radius 2 is 1.63 bits per heavy atom. The second kappa shape index (κ2) is 17.3. The van der Waals surface area contributed by atoms with Crippen LogP contribution in [-0.4, -0.2) is 96.0 Å². The molecule has 1 fully saturated rings. The summed E-state index contributed by atoms with van der Waals surface area (Å²) < 4.78 is 34.3. The molecule has 0 spiro atoms. The number of para-hydroxylation sites is 1. The third-order valence-electron chi connectivity index (χ3n) is 9.67. The van der Waals surface area contributed by atoms with Gasteiger partial charge >= 0.3 is 6.03 Å². The van der Waals surface area contributed by atoms with E-state index in [0.717, 1.165) is 22.2 Å². The zero-order valence-corrected chi connectivity index (χ0v) is 31.5. The molecule has 4 aromatic rings. The summed E-state index contributed by atoms with van der Waals surface area (Å²) in [5.74, 6) is -0.0844. The third kappa shape index (κ3) is 9.28. The van der Waals surface area contributed by atoms with Crippen molar-refractivity contribution in [3.05, 3.63) is 102 Å². The van der Waals surface area contributed by atoms with E-state index in [1.165, 1.54) is 23.5 Å². The number of carbonyl (C=O) groups excluding carboxylic acids is 2. The van der Waals surface area contributed by atoms with Crippen LogP contribution in [0.4, 0.5) is 4.79 Å². The number of methoxy groups -OCH3 is 1. The standard InChI is InChI=1S/C40H51N5O6S/c1-6-29(4)38(45-23-22-43(40(45)48)26-32-17-16-31-14-10-11-15-35(31)41-32)39(47)42-36(24-30-12-8-7-9-13-30)37(46)27-44(25-28(2)3)52(49,50)34-20-18-33(51-5)19-21-34/h7-21,28-29,36-38,46H,6,22-27H2,1-5H3,(H,42,47)/t29-,36-,37+,38-/m0/s1. The van der Waals surface area contributed by atoms with Gasteiger partial charge in [0.1, 0.15) is 11.8 Å². The highest BCUT2D eigenvalue weighted by molar-refractivity contribution is 7.89. The van der Waals surface area contributed by atoms with Crippen molar-refractivity contribution in [1.82, 2.24) is 24.4 Å². The Kier molecular flexibility index (Phi) is 12.9. The molecule has 2 N–H and O–H groups in total. The number of aliphatic hydroxyl groups is 1. The maximum Gasteiger partial charge on any atom is 0.321 e. The molecule has 2 heterocycles. The second-order valence-electron chi connectivity index (χ2n) is 14.0. The van der Waals surface area contributed by atoms with Crippen LogP contribution < -0.4 is 10.1 Å². The molecule has 3 aromatic carbocycles. The first-order valence-electron chi connectivity index (χ1n) is 18.0. The molecule has 0 unspecified atom stereocenters. The van der Waals surface area contributed by atoms with E-state index in [4.69, 9.17) is 9.72 Å². The minimum atomic E-state index is -4.01. The first kappa shape index (κ1) is 38.7. The Labute approximate surface area is 307 Å². The lowest BCUT2D eigenvalue weighted by atomic mass is 9.95. The Morgan fingerprint density at radius 1 is 0.942 bits per heavy atom. The summed E-state index contributed by atoms with van der Waals surface area (Å²) in [6, 6.07) is 25.4. The van der Waals surface area contributed by atoms with Gasteiger partial charge in [-0.2, -0.15) is 4.31 Å². The molecular formula is C40H51N5O6S. The number of fused-ring (bicyclic) bond motifs is 1. The maximum atomic E-state index is 14.3. The Hall–Kier alpha value is -4.52. The molecule has 0 saturated carbocycles. The van der Waals surface area contributed by atoms with E-state index in [2.05, 4.69) is 5.32 Å². The van der Waals surface area contributed by atoms with Crippen molar-refractivity contribution < 1.29 is 27.9 Å². The van der Waals surface area contributed by atoms with Crippen molar-refractivity contribution in [2.24, 2.45) is 11.8 Å². The summed E-state index contributed by atoms with van der Waals surface area (Å²) in [6.45, 7) is 8.79. The van der Waals surface area contributed by atoms with Crippen molar-refractivity contribution in [2.45, 2.75) is 70.2 Å². The van der Waals surface area contributed by atoms with Gasteiger partial charge in [-0.05, 0) is 60.2 Å². The number of hydrogen-bond donors (Lipinski definition) is 2. The van der Waals surface area contributed by atoms with Crippen molar-refractivity contribution in [1.29, 1.82) is 0 Å². The molecule has 5 rings (SSSR count). The third-order valence-corrected chi connectivity index (χ3v) is 11.5. The van der Waals surface area contributed by atoms with Gasteiger partial charge in [-0.1, -0.05) is 88.7 Å². The van der Waals surface area contributed by atoms with E-state index in [-0.39, 0.29) is 48.2 Å². The van der Waals surface area contributed by atoms with E-state index in [1.807, 2.05) is 94.4 Å². The van der Waals surface area contributed by atoms with Crippen molar-refractivity contribution >= 4 is 32.9 Å². The molecule has 12 heteroatoms. The van der Waals surface area contributed by atoms with Crippen LogP contribution in [0, 0.1) is 11.8 Å². The molecule has 1 saturated heterocycles. The Morgan fingerprint density at radius 3 is 2.31 bits per heavy atom. The van der Waals surface area contributed by atoms with Crippen LogP contribution in [0.15, 0.2) is 95.9 Å². The highest BCUT2D eigenvalue weighted by Gasteiger charge is 2.41. The zero-order chi connectivity index (χ0) is 37.4. The quantitative estimate of drug-likeness (QED) is 0.150. The van der Waals surface area contributed by atoms with Crippen molar-refractivity contribution in [3.8, 4) is 5.75 Å². The number of rotatable bonds is 17. The van der Waals surface area contributed by atoms with Gasteiger partial charge in [0.25, 0.3) is 0 Å². The number of nitrogens with zero attached hydrogens (tertiary/aromatic N) is 4. The van der Waals surface area contributed by atoms with Crippen molar-refractivity contribution in [3.63, 3.8) is 0 Å². The topological polar surface area (TPSA) is 132 Å². The molecule has 278 valence electrons. The number of amides is 3. The van der Waals surface area contributed by atoms with E-state index < -0.39 is 28.2 Å². The normalized spacial score (nSPS) is 16.0. The van der Waals surface area contributed by atoms with Gasteiger partial charge in [0, 0.05) is 31.6 Å². The fraction of sp³-hybridized carbons (Fsp3) is 0.425. The van der Waals surface area contributed by atoms with Gasteiger partial charge in [-0.3, -0.25) is 9.78 Å². The number of urea groups is 1. The highest BCUT2D eigenvalue weighted by Crippen LogP contribution is 2.25. The summed E-state index contributed by atoms with van der Waals surface area (Å²) in [5, 5.41) is 15.9. The minimum absolute atomic E-state index is 0.0360. The van der Waals surface area contributed by atoms with Gasteiger partial charge in [0.15, 0.2) is 0 Å². The van der Waals surface area contributed by atoms with Crippen LogP contribution in [0.1, 0.15) is 45.4 Å². The molecule has 4 atom stereocenters. The molecule has 1 aliphatic rings. The SMILES string of the molecule is CC[C@H](C)[C@@H](C(=O)N[C@@H](Cc1ccccc1)[C@H](O)CN(CC(C)C)S(=O)(=O)c1ccc(OC)cc1)N1CCN(Cc2ccc3ccccc3n2)C1=O. The number of carbonyl (C=O) groups is 2. The van der Waals surface area contributed by atoms with Gasteiger partial charge in [0.2, 0.25) is 15.9 Å². The molecule has 52 heavy (non-hydrogen) atoms. The van der Waals surface area contributed by atoms with E-state index in [9.17, 15) is 23.1 Å². The number of aliphatic hydroxyl groups excluding tert-OH is 1. The predicted octanol–water partition coefficient (Wildman–Crippen LogP) is 5.33. The average Bonchev–Trinajstić information content (AvgIpc) is 3.49. The Bertz CT molecular complexity index is 1910. The highest BCUT2D eigenvalue weighted by atomic mass is 32.2. The molecular weight excluding hydrogens is 679 g/mol. The molecule has 1 aliphatic heterocycles. The molecule has 0 bridgehead atoms. The minimum Gasteiger partial charge on any atom is -0.497 e. The summed E-state index contributed by atoms with van der Waals surface area (Å²) in [7, 11) is -2.50. The number of aromatic nitrogens is 1. The lowest BCUT2D eigenvalue weighted by Crippen LogP contribution is -2.57. The van der Waals surface area contributed by atoms with Crippen LogP contribution in [0.2, 0.25) is 0 Å². The largest absolute Gasteiger partial charge is 0.497 e. The molecule has 0 aliphatic carbocycles. The number of sulfonamides is 1. The molecule has 0 radical (unpaired) electrons. The zero-order valence-electron chi connectivity index (χ0n) is 30.7. The fourth-order valence-corrected chi connectivity index (χ4v) is 8.28. The number of hydrogen-bond acceptors (Lipinski definition) is 7. The first-order chi connectivity index (χ1) is 24.9. The first-order valence-corrected chi connectivity index (χ1v) is 19.4. The van der Waals surface area contributed by atoms with Gasteiger partial charge in [-0.25, -0.2) is 13.2 Å². The van der Waals surface area contributed by atoms with E-state index in [1.54, 1.807) is 21.9 Å². The summed E-state index contributed by atoms with van der Waals surface area (Å²) in [5.41, 5.74) is 2.49. The van der Waals surface area contributed by atoms with E-state index >= 15 is 0 Å². The second-order valence-corrected chi connectivity index (χ2v) is 15.9. The van der Waals surface area contributed by atoms with Crippen LogP contribution in [0.3, 0.4) is 0 Å². The fourth-order valence-electron chi connectivity index (χ4n) is 6.66. The van der Waals surface area contributed by atoms with Gasteiger partial charge in [0.05, 0.1) is 41.9 Å². The smallest absolute Gasteiger partial charge is 0.321 e. The summed E-state index contributed by atoms with van der Waals surface area (Å²) in [4.78, 5) is 36.4. The molecule has 11 nitrogen and oxygen atoms in total. The summed E-state index contributed by atoms with van der Waals surface area (Å²) >= 11 is 0. The summed E-state index contributed by atoms with van der Waals surface area (Å²) in [6.07, 6.45) is -0.368. The van der Waals surface area contributed by atoms with Crippen molar-refractivity contribution in [2.75, 3.05) is 33.3 Å². The predicted molar refractivity (Wildman–Crippen MR) is 202 cm³/mol. The lowest BCUT2D eigenvalue weighted by Gasteiger charge is -2.35. The Balaban J connectivity index is 1.37. The van der Waals surface area contributed by atoms with Gasteiger partial charge < -0.3 is 25.0 Å².